The van der Waals surface area contributed by atoms with Gasteiger partial charge in [-0.3, -0.25) is 14.8 Å². The summed E-state index contributed by atoms with van der Waals surface area (Å²) in [6.45, 7) is 6.04. The number of hydrogen-bond acceptors (Lipinski definition) is 7. The first-order chi connectivity index (χ1) is 18.3. The molecule has 3 aromatic rings. The number of benzene rings is 1. The maximum atomic E-state index is 14.2. The van der Waals surface area contributed by atoms with E-state index in [4.69, 9.17) is 9.97 Å². The van der Waals surface area contributed by atoms with Crippen molar-refractivity contribution in [1.29, 1.82) is 5.26 Å². The number of aromatic hydroxyl groups is 1. The predicted molar refractivity (Wildman–Crippen MR) is 142 cm³/mol. The Hall–Kier alpha value is -3.77. The molecular formula is C29H31FN6O2. The summed E-state index contributed by atoms with van der Waals surface area (Å²) in [6, 6.07) is 5.55. The number of fused-ring (bicyclic) bond motifs is 1. The number of pyridine rings is 2. The molecule has 2 saturated carbocycles. The van der Waals surface area contributed by atoms with Crippen LogP contribution < -0.4 is 15.5 Å². The number of nitrogens with zero attached hydrogens (tertiary/aromatic N) is 4. The molecule has 38 heavy (non-hydrogen) atoms. The number of aromatic nitrogens is 2. The van der Waals surface area contributed by atoms with Gasteiger partial charge < -0.3 is 20.6 Å². The number of nitriles is 1. The van der Waals surface area contributed by atoms with Gasteiger partial charge in [0.1, 0.15) is 0 Å². The second-order valence-corrected chi connectivity index (χ2v) is 11.0. The van der Waals surface area contributed by atoms with Crippen LogP contribution in [0.15, 0.2) is 24.4 Å². The van der Waals surface area contributed by atoms with E-state index in [2.05, 4.69) is 15.5 Å². The SMILES string of the molecule is Cc1cc2c(N3CCNC4(CC3)CC4)c(C(=O)N[C@@H](C)c3cc(C#N)cc(F)c3O)cnc2c(C2CC2)n1. The number of phenolic OH excluding ortho intramolecular Hbond substituents is 1. The molecule has 0 radical (unpaired) electrons. The van der Waals surface area contributed by atoms with Crippen molar-refractivity contribution < 1.29 is 14.3 Å². The second kappa shape index (κ2) is 9.21. The van der Waals surface area contributed by atoms with Gasteiger partial charge in [-0.15, -0.1) is 0 Å². The Labute approximate surface area is 220 Å². The molecule has 0 unspecified atom stereocenters. The van der Waals surface area contributed by atoms with Gasteiger partial charge in [-0.1, -0.05) is 0 Å². The number of nitrogens with one attached hydrogen (secondary N) is 2. The molecule has 8 nitrogen and oxygen atoms in total. The van der Waals surface area contributed by atoms with E-state index in [0.29, 0.717) is 11.5 Å². The molecule has 3 fully saturated rings. The standard InChI is InChI=1S/C29H31FN6O2/c1-16-11-21-25(24(34-16)19-3-4-19)32-15-22(26(21)36-9-7-29(5-6-29)33-8-10-36)28(38)35-17(2)20-12-18(14-31)13-23(30)27(20)37/h11-13,15,17,19,33,37H,3-10H2,1-2H3,(H,35,38)/t17-/m0/s1. The first-order valence-corrected chi connectivity index (χ1v) is 13.3. The Kier molecular flexibility index (Phi) is 5.95. The second-order valence-electron chi connectivity index (χ2n) is 11.0. The monoisotopic (exact) mass is 514 g/mol. The quantitative estimate of drug-likeness (QED) is 0.464. The molecule has 3 N–H and O–H groups in total. The highest BCUT2D eigenvalue weighted by Crippen LogP contribution is 2.45. The number of carbonyl (C=O) groups is 1. The normalized spacial score (nSPS) is 19.2. The summed E-state index contributed by atoms with van der Waals surface area (Å²) in [5.41, 5.74) is 4.46. The first-order valence-electron chi connectivity index (χ1n) is 13.3. The predicted octanol–water partition coefficient (Wildman–Crippen LogP) is 4.36. The van der Waals surface area contributed by atoms with Crippen molar-refractivity contribution in [1.82, 2.24) is 20.6 Å². The summed E-state index contributed by atoms with van der Waals surface area (Å²) < 4.78 is 14.2. The average Bonchev–Trinajstić information content (AvgIpc) is 3.82. The fraction of sp³-hybridized carbons (Fsp3) is 0.448. The zero-order valence-electron chi connectivity index (χ0n) is 21.6. The van der Waals surface area contributed by atoms with Crippen molar-refractivity contribution in [2.24, 2.45) is 0 Å². The summed E-state index contributed by atoms with van der Waals surface area (Å²) in [5, 5.41) is 27.1. The molecule has 2 aliphatic carbocycles. The molecule has 6 rings (SSSR count). The molecule has 1 amide bonds. The third-order valence-corrected chi connectivity index (χ3v) is 8.14. The van der Waals surface area contributed by atoms with Crippen LogP contribution in [0, 0.1) is 24.1 Å². The Balaban J connectivity index is 1.41. The van der Waals surface area contributed by atoms with E-state index in [-0.39, 0.29) is 22.6 Å². The van der Waals surface area contributed by atoms with Crippen LogP contribution in [0.3, 0.4) is 0 Å². The summed E-state index contributed by atoms with van der Waals surface area (Å²) >= 11 is 0. The molecule has 2 aromatic heterocycles. The van der Waals surface area contributed by atoms with E-state index in [9.17, 15) is 19.6 Å². The largest absolute Gasteiger partial charge is 0.505 e. The molecule has 1 aromatic carbocycles. The number of aryl methyl sites for hydroxylation is 1. The van der Waals surface area contributed by atoms with Gasteiger partial charge in [0.05, 0.1) is 40.1 Å². The van der Waals surface area contributed by atoms with Gasteiger partial charge in [-0.25, -0.2) is 4.39 Å². The lowest BCUT2D eigenvalue weighted by atomic mass is 10.0. The van der Waals surface area contributed by atoms with Crippen LogP contribution in [-0.2, 0) is 0 Å². The highest BCUT2D eigenvalue weighted by molar-refractivity contribution is 6.08. The molecule has 1 saturated heterocycles. The smallest absolute Gasteiger partial charge is 0.255 e. The van der Waals surface area contributed by atoms with Crippen LogP contribution in [0.1, 0.15) is 83.9 Å². The average molecular weight is 515 g/mol. The van der Waals surface area contributed by atoms with Crippen LogP contribution in [-0.4, -0.2) is 46.2 Å². The maximum absolute atomic E-state index is 14.2. The number of rotatable bonds is 5. The van der Waals surface area contributed by atoms with Gasteiger partial charge in [0.15, 0.2) is 11.6 Å². The molecule has 3 aliphatic rings. The lowest BCUT2D eigenvalue weighted by Crippen LogP contribution is -2.33. The zero-order chi connectivity index (χ0) is 26.6. The third-order valence-electron chi connectivity index (χ3n) is 8.14. The molecular weight excluding hydrogens is 483 g/mol. The number of anilines is 1. The minimum atomic E-state index is -0.894. The van der Waals surface area contributed by atoms with Crippen LogP contribution >= 0.6 is 0 Å². The van der Waals surface area contributed by atoms with Crippen LogP contribution in [0.2, 0.25) is 0 Å². The van der Waals surface area contributed by atoms with Gasteiger partial charge in [0.2, 0.25) is 0 Å². The highest BCUT2D eigenvalue weighted by atomic mass is 19.1. The minimum Gasteiger partial charge on any atom is -0.505 e. The van der Waals surface area contributed by atoms with Crippen LogP contribution in [0.5, 0.6) is 5.75 Å². The van der Waals surface area contributed by atoms with Crippen molar-refractivity contribution in [3.8, 4) is 11.8 Å². The Bertz CT molecular complexity index is 1490. The van der Waals surface area contributed by atoms with Gasteiger partial charge >= 0.3 is 0 Å². The lowest BCUT2D eigenvalue weighted by molar-refractivity contribution is 0.0939. The molecule has 0 bridgehead atoms. The summed E-state index contributed by atoms with van der Waals surface area (Å²) in [7, 11) is 0. The summed E-state index contributed by atoms with van der Waals surface area (Å²) in [6.07, 6.45) is 7.18. The third kappa shape index (κ3) is 4.43. The van der Waals surface area contributed by atoms with E-state index in [1.165, 1.54) is 18.9 Å². The highest BCUT2D eigenvalue weighted by Gasteiger charge is 2.43. The maximum Gasteiger partial charge on any atom is 0.255 e. The molecule has 196 valence electrons. The number of phenols is 1. The van der Waals surface area contributed by atoms with Gasteiger partial charge in [-0.05, 0) is 64.2 Å². The van der Waals surface area contributed by atoms with Gasteiger partial charge in [0, 0.05) is 53.9 Å². The Morgan fingerprint density at radius 3 is 2.79 bits per heavy atom. The lowest BCUT2D eigenvalue weighted by Gasteiger charge is -2.27. The first kappa shape index (κ1) is 24.6. The minimum absolute atomic E-state index is 0.0751. The molecule has 9 heteroatoms. The van der Waals surface area contributed by atoms with E-state index in [1.807, 2.05) is 19.1 Å². The summed E-state index contributed by atoms with van der Waals surface area (Å²) in [4.78, 5) is 25.6. The van der Waals surface area contributed by atoms with Crippen molar-refractivity contribution in [2.45, 2.75) is 63.5 Å². The topological polar surface area (TPSA) is 114 Å². The van der Waals surface area contributed by atoms with Crippen molar-refractivity contribution in [3.63, 3.8) is 0 Å². The van der Waals surface area contributed by atoms with Crippen LogP contribution in [0.4, 0.5) is 10.1 Å². The van der Waals surface area contributed by atoms with E-state index < -0.39 is 17.6 Å². The number of hydrogen-bond donors (Lipinski definition) is 3. The van der Waals surface area contributed by atoms with E-state index in [0.717, 1.165) is 72.9 Å². The van der Waals surface area contributed by atoms with Crippen molar-refractivity contribution in [2.75, 3.05) is 24.5 Å². The number of carbonyl (C=O) groups excluding carboxylic acids is 1. The molecule has 1 aliphatic heterocycles. The Morgan fingerprint density at radius 1 is 1.29 bits per heavy atom. The van der Waals surface area contributed by atoms with Crippen molar-refractivity contribution >= 4 is 22.5 Å². The van der Waals surface area contributed by atoms with Crippen molar-refractivity contribution in [3.05, 3.63) is 58.3 Å². The zero-order valence-corrected chi connectivity index (χ0v) is 21.6. The fourth-order valence-electron chi connectivity index (χ4n) is 5.66. The number of halogens is 1. The number of amides is 1. The molecule has 1 spiro atoms. The fourth-order valence-corrected chi connectivity index (χ4v) is 5.66. The van der Waals surface area contributed by atoms with E-state index >= 15 is 0 Å². The van der Waals surface area contributed by atoms with Crippen LogP contribution in [0.25, 0.3) is 10.9 Å². The Morgan fingerprint density at radius 2 is 2.08 bits per heavy atom. The summed E-state index contributed by atoms with van der Waals surface area (Å²) in [5.74, 6) is -1.43. The molecule has 1 atom stereocenters. The van der Waals surface area contributed by atoms with Gasteiger partial charge in [0.25, 0.3) is 5.91 Å². The molecule has 3 heterocycles. The van der Waals surface area contributed by atoms with Gasteiger partial charge in [-0.2, -0.15) is 5.26 Å². The van der Waals surface area contributed by atoms with E-state index in [1.54, 1.807) is 13.1 Å².